The minimum atomic E-state index is 0.553. The number of nitrogen functional groups attached to an aromatic ring is 1. The van der Waals surface area contributed by atoms with Crippen LogP contribution in [0.25, 0.3) is 0 Å². The predicted octanol–water partition coefficient (Wildman–Crippen LogP) is 3.61. The fourth-order valence-electron chi connectivity index (χ4n) is 1.29. The fraction of sp³-hybridized carbons (Fsp3) is 0.0833. The molecule has 0 radical (unpaired) electrons. The van der Waals surface area contributed by atoms with Crippen LogP contribution in [0.15, 0.2) is 47.4 Å². The minimum absolute atomic E-state index is 0.553. The van der Waals surface area contributed by atoms with Gasteiger partial charge < -0.3 is 5.73 Å². The summed E-state index contributed by atoms with van der Waals surface area (Å²) in [5.74, 6) is 1.33. The van der Waals surface area contributed by atoms with Crippen molar-refractivity contribution in [2.24, 2.45) is 0 Å². The maximum absolute atomic E-state index is 6.06. The van der Waals surface area contributed by atoms with Crippen molar-refractivity contribution in [3.8, 4) is 0 Å². The van der Waals surface area contributed by atoms with E-state index >= 15 is 0 Å². The van der Waals surface area contributed by atoms with Crippen molar-refractivity contribution >= 4 is 29.2 Å². The van der Waals surface area contributed by atoms with Crippen molar-refractivity contribution in [3.05, 3.63) is 53.2 Å². The summed E-state index contributed by atoms with van der Waals surface area (Å²) in [6, 6.07) is 13.4. The Morgan fingerprint density at radius 1 is 1.12 bits per heavy atom. The number of anilines is 1. The van der Waals surface area contributed by atoms with E-state index in [1.807, 2.05) is 36.4 Å². The lowest BCUT2D eigenvalue weighted by Crippen LogP contribution is -1.93. The monoisotopic (exact) mass is 250 g/mol. The van der Waals surface area contributed by atoms with E-state index in [-0.39, 0.29) is 0 Å². The number of aromatic nitrogens is 1. The molecule has 16 heavy (non-hydrogen) atoms. The van der Waals surface area contributed by atoms with Gasteiger partial charge in [-0.3, -0.25) is 0 Å². The molecule has 0 saturated heterocycles. The summed E-state index contributed by atoms with van der Waals surface area (Å²) in [7, 11) is 0. The minimum Gasteiger partial charge on any atom is -0.384 e. The van der Waals surface area contributed by atoms with E-state index in [1.54, 1.807) is 17.8 Å². The lowest BCUT2D eigenvalue weighted by Gasteiger charge is -2.03. The molecule has 1 heterocycles. The second kappa shape index (κ2) is 5.23. The number of hydrogen-bond acceptors (Lipinski definition) is 3. The third-order valence-electron chi connectivity index (χ3n) is 2.04. The fourth-order valence-corrected chi connectivity index (χ4v) is 2.44. The Morgan fingerprint density at radius 3 is 2.69 bits per heavy atom. The molecule has 0 bridgehead atoms. The molecular formula is C12H11ClN2S. The van der Waals surface area contributed by atoms with Gasteiger partial charge in [0.05, 0.1) is 10.7 Å². The molecule has 0 spiro atoms. The van der Waals surface area contributed by atoms with Gasteiger partial charge in [0.2, 0.25) is 0 Å². The maximum Gasteiger partial charge on any atom is 0.123 e. The van der Waals surface area contributed by atoms with Crippen molar-refractivity contribution < 1.29 is 0 Å². The van der Waals surface area contributed by atoms with Gasteiger partial charge in [-0.2, -0.15) is 0 Å². The zero-order chi connectivity index (χ0) is 11.4. The first kappa shape index (κ1) is 11.3. The van der Waals surface area contributed by atoms with E-state index in [4.69, 9.17) is 17.3 Å². The van der Waals surface area contributed by atoms with Gasteiger partial charge in [-0.1, -0.05) is 29.8 Å². The first-order valence-corrected chi connectivity index (χ1v) is 6.21. The molecule has 1 aromatic heterocycles. The third-order valence-corrected chi connectivity index (χ3v) is 3.59. The second-order valence-electron chi connectivity index (χ2n) is 3.27. The van der Waals surface area contributed by atoms with Crippen LogP contribution in [0.4, 0.5) is 5.82 Å². The van der Waals surface area contributed by atoms with Gasteiger partial charge in [-0.05, 0) is 24.3 Å². The van der Waals surface area contributed by atoms with Crippen molar-refractivity contribution in [2.45, 2.75) is 10.6 Å². The van der Waals surface area contributed by atoms with E-state index in [0.29, 0.717) is 5.82 Å². The molecule has 2 rings (SSSR count). The highest BCUT2D eigenvalue weighted by Crippen LogP contribution is 2.28. The van der Waals surface area contributed by atoms with Crippen LogP contribution in [-0.4, -0.2) is 4.98 Å². The molecule has 82 valence electrons. The van der Waals surface area contributed by atoms with Crippen LogP contribution < -0.4 is 5.73 Å². The number of nitrogens with zero attached hydrogens (tertiary/aromatic N) is 1. The quantitative estimate of drug-likeness (QED) is 0.846. The van der Waals surface area contributed by atoms with Crippen LogP contribution in [0.2, 0.25) is 5.02 Å². The van der Waals surface area contributed by atoms with Crippen LogP contribution in [0.3, 0.4) is 0 Å². The molecule has 0 aliphatic rings. The number of benzene rings is 1. The zero-order valence-electron chi connectivity index (χ0n) is 8.56. The first-order chi connectivity index (χ1) is 7.75. The number of halogens is 1. The topological polar surface area (TPSA) is 38.9 Å². The van der Waals surface area contributed by atoms with Crippen molar-refractivity contribution in [2.75, 3.05) is 5.73 Å². The van der Waals surface area contributed by atoms with Crippen molar-refractivity contribution in [1.82, 2.24) is 4.98 Å². The molecule has 0 aliphatic carbocycles. The lowest BCUT2D eigenvalue weighted by molar-refractivity contribution is 1.18. The van der Waals surface area contributed by atoms with E-state index in [0.717, 1.165) is 21.4 Å². The zero-order valence-corrected chi connectivity index (χ0v) is 10.1. The summed E-state index contributed by atoms with van der Waals surface area (Å²) in [5.41, 5.74) is 6.57. The molecule has 0 saturated carbocycles. The molecule has 0 fully saturated rings. The average Bonchev–Trinajstić information content (AvgIpc) is 2.28. The van der Waals surface area contributed by atoms with Gasteiger partial charge in [0.1, 0.15) is 5.82 Å². The summed E-state index contributed by atoms with van der Waals surface area (Å²) < 4.78 is 0. The first-order valence-electron chi connectivity index (χ1n) is 4.84. The van der Waals surface area contributed by atoms with Crippen LogP contribution in [-0.2, 0) is 5.75 Å². The molecule has 0 unspecified atom stereocenters. The molecule has 0 amide bonds. The number of pyridine rings is 1. The third kappa shape index (κ3) is 2.90. The van der Waals surface area contributed by atoms with Gasteiger partial charge in [0, 0.05) is 10.6 Å². The molecule has 2 N–H and O–H groups in total. The number of hydrogen-bond donors (Lipinski definition) is 1. The van der Waals surface area contributed by atoms with Gasteiger partial charge in [-0.15, -0.1) is 11.8 Å². The SMILES string of the molecule is Nc1cccc(CSc2ccccc2Cl)n1. The Labute approximate surface area is 104 Å². The maximum atomic E-state index is 6.06. The Kier molecular flexibility index (Phi) is 3.70. The Morgan fingerprint density at radius 2 is 1.94 bits per heavy atom. The van der Waals surface area contributed by atoms with E-state index < -0.39 is 0 Å². The van der Waals surface area contributed by atoms with Crippen LogP contribution in [0, 0.1) is 0 Å². The summed E-state index contributed by atoms with van der Waals surface area (Å²) in [5, 5.41) is 0.774. The number of thioether (sulfide) groups is 1. The normalized spacial score (nSPS) is 10.3. The molecule has 4 heteroatoms. The Balaban J connectivity index is 2.05. The lowest BCUT2D eigenvalue weighted by atomic mass is 10.4. The van der Waals surface area contributed by atoms with E-state index in [1.165, 1.54) is 0 Å². The van der Waals surface area contributed by atoms with Crippen molar-refractivity contribution in [3.63, 3.8) is 0 Å². The Bertz CT molecular complexity index is 488. The van der Waals surface area contributed by atoms with E-state index in [9.17, 15) is 0 Å². The molecule has 0 atom stereocenters. The highest BCUT2D eigenvalue weighted by Gasteiger charge is 2.01. The highest BCUT2D eigenvalue weighted by molar-refractivity contribution is 7.98. The number of nitrogens with two attached hydrogens (primary N) is 1. The van der Waals surface area contributed by atoms with Crippen molar-refractivity contribution in [1.29, 1.82) is 0 Å². The summed E-state index contributed by atoms with van der Waals surface area (Å²) in [6.07, 6.45) is 0. The molecular weight excluding hydrogens is 240 g/mol. The second-order valence-corrected chi connectivity index (χ2v) is 4.70. The smallest absolute Gasteiger partial charge is 0.123 e. The molecule has 0 aliphatic heterocycles. The van der Waals surface area contributed by atoms with Gasteiger partial charge in [-0.25, -0.2) is 4.98 Å². The largest absolute Gasteiger partial charge is 0.384 e. The molecule has 2 aromatic rings. The van der Waals surface area contributed by atoms with Gasteiger partial charge in [0.15, 0.2) is 0 Å². The van der Waals surface area contributed by atoms with Gasteiger partial charge in [0.25, 0.3) is 0 Å². The Hall–Kier alpha value is -1.19. The van der Waals surface area contributed by atoms with Gasteiger partial charge >= 0.3 is 0 Å². The predicted molar refractivity (Wildman–Crippen MR) is 69.7 cm³/mol. The van der Waals surface area contributed by atoms with E-state index in [2.05, 4.69) is 4.98 Å². The summed E-state index contributed by atoms with van der Waals surface area (Å²) >= 11 is 7.71. The highest BCUT2D eigenvalue weighted by atomic mass is 35.5. The van der Waals surface area contributed by atoms with Crippen LogP contribution in [0.1, 0.15) is 5.69 Å². The number of rotatable bonds is 3. The molecule has 1 aromatic carbocycles. The van der Waals surface area contributed by atoms with Crippen LogP contribution in [0.5, 0.6) is 0 Å². The molecule has 2 nitrogen and oxygen atoms in total. The average molecular weight is 251 g/mol. The summed E-state index contributed by atoms with van der Waals surface area (Å²) in [4.78, 5) is 5.30. The summed E-state index contributed by atoms with van der Waals surface area (Å²) in [6.45, 7) is 0. The standard InChI is InChI=1S/C12H11ClN2S/c13-10-5-1-2-6-11(10)16-8-9-4-3-7-12(14)15-9/h1-7H,8H2,(H2,14,15). The van der Waals surface area contributed by atoms with Crippen LogP contribution >= 0.6 is 23.4 Å².